The highest BCUT2D eigenvalue weighted by molar-refractivity contribution is 5.95. The van der Waals surface area contributed by atoms with Crippen LogP contribution in [0.4, 0.5) is 51.7 Å². The summed E-state index contributed by atoms with van der Waals surface area (Å²) in [5.41, 5.74) is 11.5. The monoisotopic (exact) mass is 903 g/mol. The number of anilines is 5. The van der Waals surface area contributed by atoms with Crippen LogP contribution in [-0.2, 0) is 19.1 Å². The van der Waals surface area contributed by atoms with Gasteiger partial charge in [-0.05, 0) is 132 Å². The molecule has 4 heterocycles. The maximum Gasteiger partial charge on any atom is 0.573 e. The van der Waals surface area contributed by atoms with Crippen LogP contribution in [0.15, 0.2) is 85.3 Å². The minimum Gasteiger partial charge on any atom is -0.406 e. The Kier molecular flexibility index (Phi) is 12.3. The number of ether oxygens (including phenoxy) is 1. The lowest BCUT2D eigenvalue weighted by Gasteiger charge is -2.48. The van der Waals surface area contributed by atoms with Crippen LogP contribution in [0.2, 0.25) is 0 Å². The highest BCUT2D eigenvalue weighted by Crippen LogP contribution is 2.45. The third-order valence-electron chi connectivity index (χ3n) is 12.3. The van der Waals surface area contributed by atoms with Crippen LogP contribution in [0.5, 0.6) is 5.75 Å². The molecule has 4 N–H and O–H groups in total. The summed E-state index contributed by atoms with van der Waals surface area (Å²) in [5.74, 6) is 2.27. The van der Waals surface area contributed by atoms with E-state index in [9.17, 15) is 22.8 Å². The number of halogens is 3. The summed E-state index contributed by atoms with van der Waals surface area (Å²) in [6.45, 7) is 9.80. The maximum absolute atomic E-state index is 14.5. The molecule has 3 aromatic heterocycles. The number of aryl methyl sites for hydroxylation is 2. The summed E-state index contributed by atoms with van der Waals surface area (Å²) < 4.78 is 44.0. The van der Waals surface area contributed by atoms with E-state index in [1.54, 1.807) is 26.7 Å². The van der Waals surface area contributed by atoms with E-state index in [0.29, 0.717) is 41.2 Å². The average molecular weight is 904 g/mol. The number of nitrogens with one attached hydrogen (secondary N) is 2. The number of amides is 4. The Morgan fingerprint density at radius 1 is 0.955 bits per heavy atom. The number of rotatable bonds is 11. The van der Waals surface area contributed by atoms with E-state index in [0.717, 1.165) is 70.7 Å². The van der Waals surface area contributed by atoms with Gasteiger partial charge >= 0.3 is 18.4 Å². The first-order valence-corrected chi connectivity index (χ1v) is 21.7. The minimum absolute atomic E-state index is 0.00698. The van der Waals surface area contributed by atoms with Crippen LogP contribution >= 0.6 is 0 Å². The van der Waals surface area contributed by atoms with Gasteiger partial charge in [-0.1, -0.05) is 12.5 Å². The number of alkyl halides is 3. The number of hydrogen-bond donors (Lipinski definition) is 3. The molecule has 66 heavy (non-hydrogen) atoms. The number of fused-ring (bicyclic) bond motifs is 1. The number of carbonyl (C=O) groups excluding carboxylic acids is 2. The fraction of sp³-hybridized carbons (Fsp3) is 0.362. The molecule has 6 aromatic rings. The number of hydrogen-bond acceptors (Lipinski definition) is 11. The van der Waals surface area contributed by atoms with Crippen LogP contribution in [0.3, 0.4) is 0 Å². The van der Waals surface area contributed by atoms with Gasteiger partial charge in [0.05, 0.1) is 11.2 Å². The van der Waals surface area contributed by atoms with Gasteiger partial charge in [0.1, 0.15) is 29.5 Å². The molecule has 8 rings (SSSR count). The number of nitrogen functional groups attached to an aromatic ring is 1. The quantitative estimate of drug-likeness (QED) is 0.112. The lowest BCUT2D eigenvalue weighted by molar-refractivity contribution is -0.274. The lowest BCUT2D eigenvalue weighted by Crippen LogP contribution is -2.58. The second kappa shape index (κ2) is 17.9. The molecule has 0 radical (unpaired) electrons. The van der Waals surface area contributed by atoms with Crippen LogP contribution in [-0.4, -0.2) is 82.1 Å². The second-order valence-electron chi connectivity index (χ2n) is 17.5. The highest BCUT2D eigenvalue weighted by atomic mass is 19.4. The molecule has 16 nitrogen and oxygen atoms in total. The van der Waals surface area contributed by atoms with Gasteiger partial charge in [-0.25, -0.2) is 34.2 Å². The van der Waals surface area contributed by atoms with Crippen molar-refractivity contribution < 1.29 is 27.5 Å². The topological polar surface area (TPSA) is 185 Å². The zero-order valence-corrected chi connectivity index (χ0v) is 37.8. The predicted octanol–water partition coefficient (Wildman–Crippen LogP) is 9.54. The van der Waals surface area contributed by atoms with Crippen molar-refractivity contribution >= 4 is 41.0 Å². The molecule has 3 aromatic carbocycles. The molecule has 0 bridgehead atoms. The maximum atomic E-state index is 14.5. The molecular weight excluding hydrogens is 852 g/mol. The van der Waals surface area contributed by atoms with Crippen LogP contribution in [0.1, 0.15) is 81.8 Å². The van der Waals surface area contributed by atoms with Crippen molar-refractivity contribution in [3.05, 3.63) is 108 Å². The summed E-state index contributed by atoms with van der Waals surface area (Å²) in [4.78, 5) is 56.4. The van der Waals surface area contributed by atoms with Gasteiger partial charge in [0, 0.05) is 73.1 Å². The normalized spacial score (nSPS) is 17.1. The number of benzene rings is 3. The summed E-state index contributed by atoms with van der Waals surface area (Å²) in [5, 5.41) is 10.5. The third kappa shape index (κ3) is 9.69. The van der Waals surface area contributed by atoms with Gasteiger partial charge in [-0.15, -0.1) is 13.2 Å². The smallest absolute Gasteiger partial charge is 0.406 e. The van der Waals surface area contributed by atoms with E-state index in [4.69, 9.17) is 15.7 Å². The van der Waals surface area contributed by atoms with E-state index in [1.165, 1.54) is 18.5 Å². The molecule has 0 saturated heterocycles. The Labute approximate surface area is 380 Å². The predicted molar refractivity (Wildman–Crippen MR) is 245 cm³/mol. The van der Waals surface area contributed by atoms with E-state index in [2.05, 4.69) is 47.6 Å². The molecule has 2 aliphatic rings. The molecule has 4 amide bonds. The first-order valence-electron chi connectivity index (χ1n) is 21.7. The summed E-state index contributed by atoms with van der Waals surface area (Å²) in [6.07, 6.45) is 1.45. The van der Waals surface area contributed by atoms with Crippen LogP contribution < -0.4 is 26.0 Å². The Hall–Kier alpha value is -7.31. The van der Waals surface area contributed by atoms with Gasteiger partial charge in [0.2, 0.25) is 5.95 Å². The highest BCUT2D eigenvalue weighted by Gasteiger charge is 2.46. The fourth-order valence-corrected chi connectivity index (χ4v) is 8.69. The standard InChI is InChI=1S/C47H52F3N13O3/c1-27(2)62(44(64)57-35-15-17-37(18-16-35)66-47(48,49)50)25-29-19-32(21-33(20-29)39-23-40(51)54-26-53-39)31-9-8-10-36(22-31)63-42-38(46(4,5)60(6)45(63)65)24-52-43(58-42)56-34-13-11-30(12-14-34)41-55-28(3)59-61(41)7/h11-21,23-24,26-27,31,36H,8-10,22,25H2,1-7H3,(H,57,64)(H2,51,53,54)(H,52,56,58). The summed E-state index contributed by atoms with van der Waals surface area (Å²) >= 11 is 0. The van der Waals surface area contributed by atoms with E-state index >= 15 is 0 Å². The molecule has 0 spiro atoms. The third-order valence-corrected chi connectivity index (χ3v) is 12.3. The Balaban J connectivity index is 1.07. The SMILES string of the molecule is Cc1nc(-c2ccc(Nc3ncc4c(n3)N(C3CCCC(c5cc(CN(C(=O)Nc6ccc(OC(F)(F)F)cc6)C(C)C)cc(-c6cc(N)ncn6)c5)C3)C(=O)N(C)C4(C)C)cc2)n(C)n1. The minimum atomic E-state index is -4.84. The van der Waals surface area contributed by atoms with Crippen molar-refractivity contribution in [1.82, 2.24) is 44.5 Å². The van der Waals surface area contributed by atoms with Gasteiger partial charge in [0.25, 0.3) is 0 Å². The molecule has 1 saturated carbocycles. The number of nitrogens with zero attached hydrogens (tertiary/aromatic N) is 10. The zero-order chi connectivity index (χ0) is 47.1. The molecule has 1 fully saturated rings. The van der Waals surface area contributed by atoms with Gasteiger partial charge in [-0.2, -0.15) is 10.1 Å². The van der Waals surface area contributed by atoms with Crippen molar-refractivity contribution in [2.75, 3.05) is 28.3 Å². The zero-order valence-electron chi connectivity index (χ0n) is 37.8. The summed E-state index contributed by atoms with van der Waals surface area (Å²) in [7, 11) is 3.67. The fourth-order valence-electron chi connectivity index (χ4n) is 8.69. The number of urea groups is 2. The molecular formula is C47H52F3N13O3. The molecule has 1 aliphatic carbocycles. The number of carbonyl (C=O) groups is 2. The molecule has 344 valence electrons. The molecule has 2 unspecified atom stereocenters. The van der Waals surface area contributed by atoms with Gasteiger partial charge in [-0.3, -0.25) is 4.90 Å². The van der Waals surface area contributed by atoms with E-state index in [1.807, 2.05) is 83.9 Å². The Morgan fingerprint density at radius 2 is 1.68 bits per heavy atom. The van der Waals surface area contributed by atoms with Crippen molar-refractivity contribution in [2.24, 2.45) is 7.05 Å². The second-order valence-corrected chi connectivity index (χ2v) is 17.5. The summed E-state index contributed by atoms with van der Waals surface area (Å²) in [6, 6.07) is 19.5. The first kappa shape index (κ1) is 45.3. The largest absolute Gasteiger partial charge is 0.573 e. The first-order chi connectivity index (χ1) is 31.3. The Bertz CT molecular complexity index is 2740. The average Bonchev–Trinajstić information content (AvgIpc) is 3.62. The van der Waals surface area contributed by atoms with Gasteiger partial charge in [0.15, 0.2) is 5.82 Å². The number of aromatic nitrogens is 7. The number of nitrogens with two attached hydrogens (primary N) is 1. The lowest BCUT2D eigenvalue weighted by atomic mass is 9.79. The van der Waals surface area contributed by atoms with E-state index in [-0.39, 0.29) is 30.6 Å². The van der Waals surface area contributed by atoms with Crippen LogP contribution in [0, 0.1) is 6.92 Å². The van der Waals surface area contributed by atoms with Crippen molar-refractivity contribution in [3.63, 3.8) is 0 Å². The van der Waals surface area contributed by atoms with Crippen LogP contribution in [0.25, 0.3) is 22.6 Å². The van der Waals surface area contributed by atoms with Crippen molar-refractivity contribution in [1.29, 1.82) is 0 Å². The van der Waals surface area contributed by atoms with Crippen molar-refractivity contribution in [2.45, 2.75) is 96.7 Å². The van der Waals surface area contributed by atoms with Gasteiger partial charge < -0.3 is 30.9 Å². The molecule has 19 heteroatoms. The van der Waals surface area contributed by atoms with Crippen molar-refractivity contribution in [3.8, 4) is 28.4 Å². The molecule has 1 aliphatic heterocycles. The molecule has 2 atom stereocenters. The van der Waals surface area contributed by atoms with E-state index < -0.39 is 23.7 Å². The Morgan fingerprint density at radius 3 is 2.35 bits per heavy atom.